The average Bonchev–Trinajstić information content (AvgIpc) is 3.32. The van der Waals surface area contributed by atoms with Gasteiger partial charge < -0.3 is 5.11 Å². The highest BCUT2D eigenvalue weighted by Crippen LogP contribution is 2.44. The fourth-order valence-corrected chi connectivity index (χ4v) is 4.24. The van der Waals surface area contributed by atoms with Crippen LogP contribution >= 0.6 is 34.5 Å². The van der Waals surface area contributed by atoms with Crippen molar-refractivity contribution >= 4 is 51.9 Å². The smallest absolute Gasteiger partial charge is 0.294 e. The van der Waals surface area contributed by atoms with Gasteiger partial charge in [-0.15, -0.1) is 11.3 Å². The molecule has 2 aromatic carbocycles. The van der Waals surface area contributed by atoms with Crippen LogP contribution in [0.4, 0.5) is 10.1 Å². The molecule has 0 aliphatic carbocycles. The molecule has 1 aliphatic heterocycles. The van der Waals surface area contributed by atoms with E-state index in [1.807, 2.05) is 0 Å². The van der Waals surface area contributed by atoms with Crippen LogP contribution in [-0.4, -0.2) is 16.8 Å². The standard InChI is InChI=1S/C21H12Cl2FNO3S/c22-13-8-7-11(10-14(13)23)25-18(12-4-1-2-5-15(12)24)17(20(27)21(25)28)19(26)16-6-3-9-29-16/h1-10,18,27H. The quantitative estimate of drug-likeness (QED) is 0.500. The fraction of sp³-hybridized carbons (Fsp3) is 0.0476. The minimum atomic E-state index is -1.16. The molecule has 1 aliphatic rings. The van der Waals surface area contributed by atoms with Crippen molar-refractivity contribution in [3.8, 4) is 0 Å². The van der Waals surface area contributed by atoms with Crippen molar-refractivity contribution in [2.75, 3.05) is 4.90 Å². The summed E-state index contributed by atoms with van der Waals surface area (Å²) in [5, 5.41) is 12.8. The van der Waals surface area contributed by atoms with Gasteiger partial charge in [-0.05, 0) is 35.7 Å². The minimum absolute atomic E-state index is 0.0795. The van der Waals surface area contributed by atoms with E-state index in [2.05, 4.69) is 0 Å². The third-order valence-electron chi connectivity index (χ3n) is 4.58. The first kappa shape index (κ1) is 19.6. The van der Waals surface area contributed by atoms with Crippen LogP contribution in [-0.2, 0) is 4.79 Å². The number of halogens is 3. The van der Waals surface area contributed by atoms with Crippen LogP contribution in [0.3, 0.4) is 0 Å². The third kappa shape index (κ3) is 3.33. The number of anilines is 1. The number of aliphatic hydroxyl groups is 1. The molecule has 0 saturated carbocycles. The first-order valence-electron chi connectivity index (χ1n) is 8.44. The summed E-state index contributed by atoms with van der Waals surface area (Å²) >= 11 is 13.2. The zero-order valence-corrected chi connectivity index (χ0v) is 16.9. The zero-order valence-electron chi connectivity index (χ0n) is 14.6. The monoisotopic (exact) mass is 447 g/mol. The number of carbonyl (C=O) groups excluding carboxylic acids is 2. The van der Waals surface area contributed by atoms with Gasteiger partial charge in [-0.1, -0.05) is 47.5 Å². The Bertz CT molecular complexity index is 1160. The zero-order chi connectivity index (χ0) is 20.7. The van der Waals surface area contributed by atoms with Gasteiger partial charge in [0, 0.05) is 11.3 Å². The Balaban J connectivity index is 1.92. The number of aliphatic hydroxyl groups excluding tert-OH is 1. The van der Waals surface area contributed by atoms with E-state index in [9.17, 15) is 19.1 Å². The Morgan fingerprint density at radius 2 is 1.83 bits per heavy atom. The molecule has 3 aromatic rings. The molecule has 8 heteroatoms. The lowest BCUT2D eigenvalue weighted by Crippen LogP contribution is -2.31. The maximum atomic E-state index is 14.7. The molecule has 1 aromatic heterocycles. The molecule has 1 unspecified atom stereocenters. The van der Waals surface area contributed by atoms with E-state index in [4.69, 9.17) is 23.2 Å². The Kier molecular flexibility index (Phi) is 5.17. The highest BCUT2D eigenvalue weighted by molar-refractivity contribution is 7.12. The van der Waals surface area contributed by atoms with E-state index in [1.54, 1.807) is 23.6 Å². The summed E-state index contributed by atoms with van der Waals surface area (Å²) in [6.45, 7) is 0. The Morgan fingerprint density at radius 1 is 1.07 bits per heavy atom. The van der Waals surface area contributed by atoms with Crippen molar-refractivity contribution < 1.29 is 19.1 Å². The second-order valence-corrected chi connectivity index (χ2v) is 8.03. The minimum Gasteiger partial charge on any atom is -0.503 e. The summed E-state index contributed by atoms with van der Waals surface area (Å²) < 4.78 is 14.7. The molecule has 0 radical (unpaired) electrons. The van der Waals surface area contributed by atoms with E-state index < -0.39 is 29.3 Å². The number of ketones is 1. The summed E-state index contributed by atoms with van der Waals surface area (Å²) in [5.41, 5.74) is 0.169. The van der Waals surface area contributed by atoms with Gasteiger partial charge >= 0.3 is 0 Å². The number of thiophene rings is 1. The van der Waals surface area contributed by atoms with E-state index in [1.165, 1.54) is 47.7 Å². The molecule has 146 valence electrons. The van der Waals surface area contributed by atoms with Crippen molar-refractivity contribution in [3.63, 3.8) is 0 Å². The molecule has 0 bridgehead atoms. The maximum Gasteiger partial charge on any atom is 0.294 e. The SMILES string of the molecule is O=C(C1=C(O)C(=O)N(c2ccc(Cl)c(Cl)c2)C1c1ccccc1F)c1cccs1. The van der Waals surface area contributed by atoms with Crippen molar-refractivity contribution in [2.24, 2.45) is 0 Å². The Hall–Kier alpha value is -2.67. The highest BCUT2D eigenvalue weighted by atomic mass is 35.5. The van der Waals surface area contributed by atoms with E-state index >= 15 is 0 Å². The van der Waals surface area contributed by atoms with Crippen molar-refractivity contribution in [1.29, 1.82) is 0 Å². The van der Waals surface area contributed by atoms with Gasteiger partial charge in [0.25, 0.3) is 5.91 Å². The number of amides is 1. The van der Waals surface area contributed by atoms with Gasteiger partial charge in [0.15, 0.2) is 5.76 Å². The molecule has 0 saturated heterocycles. The number of carbonyl (C=O) groups is 2. The number of benzene rings is 2. The van der Waals surface area contributed by atoms with Crippen molar-refractivity contribution in [2.45, 2.75) is 6.04 Å². The van der Waals surface area contributed by atoms with Crippen LogP contribution in [0.25, 0.3) is 0 Å². The summed E-state index contributed by atoms with van der Waals surface area (Å²) in [7, 11) is 0. The molecule has 29 heavy (non-hydrogen) atoms. The summed E-state index contributed by atoms with van der Waals surface area (Å²) in [5.74, 6) is -2.69. The second kappa shape index (κ2) is 7.63. The Labute approximate surface area is 179 Å². The lowest BCUT2D eigenvalue weighted by molar-refractivity contribution is -0.117. The van der Waals surface area contributed by atoms with Crippen LogP contribution < -0.4 is 4.90 Å². The first-order valence-corrected chi connectivity index (χ1v) is 10.1. The summed E-state index contributed by atoms with van der Waals surface area (Å²) in [6, 6.07) is 12.3. The lowest BCUT2D eigenvalue weighted by atomic mass is 9.94. The van der Waals surface area contributed by atoms with Gasteiger partial charge in [0.1, 0.15) is 5.82 Å². The predicted octanol–water partition coefficient (Wildman–Crippen LogP) is 5.98. The van der Waals surface area contributed by atoms with Gasteiger partial charge in [-0.25, -0.2) is 4.39 Å². The Morgan fingerprint density at radius 3 is 2.48 bits per heavy atom. The van der Waals surface area contributed by atoms with Crippen LogP contribution in [0.5, 0.6) is 0 Å². The molecule has 0 fully saturated rings. The molecule has 2 heterocycles. The van der Waals surface area contributed by atoms with Gasteiger partial charge in [0.05, 0.1) is 26.5 Å². The average molecular weight is 448 g/mol. The van der Waals surface area contributed by atoms with E-state index in [0.717, 1.165) is 4.90 Å². The van der Waals surface area contributed by atoms with Gasteiger partial charge in [-0.3, -0.25) is 14.5 Å². The lowest BCUT2D eigenvalue weighted by Gasteiger charge is -2.27. The summed E-state index contributed by atoms with van der Waals surface area (Å²) in [6.07, 6.45) is 0. The molecular weight excluding hydrogens is 436 g/mol. The first-order chi connectivity index (χ1) is 13.9. The number of hydrogen-bond donors (Lipinski definition) is 1. The number of nitrogens with zero attached hydrogens (tertiary/aromatic N) is 1. The maximum absolute atomic E-state index is 14.7. The van der Waals surface area contributed by atoms with Gasteiger partial charge in [-0.2, -0.15) is 0 Å². The van der Waals surface area contributed by atoms with Crippen LogP contribution in [0.2, 0.25) is 10.0 Å². The van der Waals surface area contributed by atoms with E-state index in [-0.39, 0.29) is 26.9 Å². The topological polar surface area (TPSA) is 57.6 Å². The number of Topliss-reactive ketones (excluding diaryl/α,β-unsaturated/α-hetero) is 1. The molecule has 1 N–H and O–H groups in total. The molecule has 4 nitrogen and oxygen atoms in total. The molecule has 1 atom stereocenters. The molecule has 4 rings (SSSR count). The summed E-state index contributed by atoms with van der Waals surface area (Å²) in [4.78, 5) is 27.5. The number of rotatable bonds is 4. The van der Waals surface area contributed by atoms with Crippen molar-refractivity contribution in [3.05, 3.63) is 97.6 Å². The van der Waals surface area contributed by atoms with Crippen LogP contribution in [0, 0.1) is 5.82 Å². The second-order valence-electron chi connectivity index (χ2n) is 6.27. The van der Waals surface area contributed by atoms with E-state index in [0.29, 0.717) is 4.88 Å². The fourth-order valence-electron chi connectivity index (χ4n) is 3.27. The third-order valence-corrected chi connectivity index (χ3v) is 6.19. The van der Waals surface area contributed by atoms with Gasteiger partial charge in [0.2, 0.25) is 5.78 Å². The number of hydrogen-bond acceptors (Lipinski definition) is 4. The molecule has 0 spiro atoms. The highest BCUT2D eigenvalue weighted by Gasteiger charge is 2.45. The van der Waals surface area contributed by atoms with Crippen molar-refractivity contribution in [1.82, 2.24) is 0 Å². The van der Waals surface area contributed by atoms with Crippen LogP contribution in [0.1, 0.15) is 21.3 Å². The predicted molar refractivity (Wildman–Crippen MR) is 111 cm³/mol. The largest absolute Gasteiger partial charge is 0.503 e. The normalized spacial score (nSPS) is 16.6. The molecule has 1 amide bonds. The van der Waals surface area contributed by atoms with Crippen LogP contribution in [0.15, 0.2) is 71.3 Å². The molecular formula is C21H12Cl2FNO3S.